The number of primary amides is 1. The molecule has 242 valence electrons. The molecule has 10 N–H and O–H groups in total. The SMILES string of the molecule is [2H]C1C=CN([C@@H]2O[C@H](COP(=O)(O)OP(=O)(O)OC[C@H]3O[C@@H](n4cnc5c(N)ncnc54)[C@H](O)[C@@H]3O)[C@@H](O)[C@H]2O)C=C1C(N)=O. The molecule has 0 aromatic carbocycles. The number of nitrogen functional groups attached to an aromatic ring is 1. The van der Waals surface area contributed by atoms with Gasteiger partial charge < -0.3 is 56.1 Å². The lowest BCUT2D eigenvalue weighted by Gasteiger charge is -2.28. The number of carbonyl (C=O) groups excluding carboxylic acids is 1. The average Bonchev–Trinajstić information content (AvgIpc) is 3.61. The summed E-state index contributed by atoms with van der Waals surface area (Å²) in [5, 5.41) is 41.7. The molecule has 23 heteroatoms. The molecule has 2 fully saturated rings. The highest BCUT2D eigenvalue weighted by Crippen LogP contribution is 2.60. The van der Waals surface area contributed by atoms with Gasteiger partial charge in [-0.3, -0.25) is 18.4 Å². The number of ether oxygens (including phenoxy) is 2. The Hall–Kier alpha value is -2.88. The van der Waals surface area contributed by atoms with Crippen LogP contribution in [0.15, 0.2) is 36.7 Å². The van der Waals surface area contributed by atoms with E-state index in [9.17, 15) is 44.1 Å². The molecular weight excluding hydrogens is 636 g/mol. The Balaban J connectivity index is 1.15. The van der Waals surface area contributed by atoms with E-state index < -0.39 is 90.2 Å². The van der Waals surface area contributed by atoms with Crippen molar-refractivity contribution in [3.63, 3.8) is 0 Å². The first-order valence-corrected chi connectivity index (χ1v) is 15.6. The fraction of sp³-hybridized carbons (Fsp3) is 0.524. The molecule has 3 aliphatic heterocycles. The number of hydrogen-bond acceptors (Lipinski definition) is 17. The van der Waals surface area contributed by atoms with Crippen LogP contribution in [0.1, 0.15) is 14.0 Å². The zero-order valence-corrected chi connectivity index (χ0v) is 24.0. The maximum absolute atomic E-state index is 12.4. The van der Waals surface area contributed by atoms with Crippen molar-refractivity contribution in [2.75, 3.05) is 18.9 Å². The first-order valence-electron chi connectivity index (χ1n) is 13.2. The van der Waals surface area contributed by atoms with Gasteiger partial charge in [-0.25, -0.2) is 24.1 Å². The third-order valence-electron chi connectivity index (χ3n) is 6.75. The van der Waals surface area contributed by atoms with E-state index in [1.165, 1.54) is 23.2 Å². The van der Waals surface area contributed by atoms with E-state index in [4.69, 9.17) is 26.8 Å². The summed E-state index contributed by atoms with van der Waals surface area (Å²) in [7, 11) is -10.8. The van der Waals surface area contributed by atoms with E-state index in [-0.39, 0.29) is 22.6 Å². The standard InChI is InChI=1S/C21H29N7O14P2/c22-17-12-19(25-7-24-17)28(8-26-12)21-16(32)14(30)11(41-21)6-39-44(36,37)42-43(34,35)38-5-10-13(29)15(31)20(40-10)27-3-1-2-9(4-27)18(23)33/h1,3-4,7-8,10-11,13-16,20-21,29-32H,2,5-6H2,(H2,23,33)(H,34,35)(H,36,37)(H2,22,24,25)/t10-,11-,13-,14-,15-,16-,20-,21-/m1/s1/i2D/t2?,10-,11-,13-,14-,15-,16-,20-,21-. The van der Waals surface area contributed by atoms with Crippen LogP contribution in [0.3, 0.4) is 0 Å². The normalized spacial score (nSPS) is 35.3. The van der Waals surface area contributed by atoms with Gasteiger partial charge in [0.2, 0.25) is 5.91 Å². The van der Waals surface area contributed by atoms with E-state index in [1.807, 2.05) is 0 Å². The Morgan fingerprint density at radius 2 is 1.59 bits per heavy atom. The number of nitrogens with two attached hydrogens (primary N) is 2. The number of hydrogen-bond donors (Lipinski definition) is 8. The van der Waals surface area contributed by atoms with E-state index in [1.54, 1.807) is 0 Å². The zero-order chi connectivity index (χ0) is 32.8. The third kappa shape index (κ3) is 6.70. The molecule has 0 radical (unpaired) electrons. The number of imidazole rings is 1. The van der Waals surface area contributed by atoms with Crippen molar-refractivity contribution in [2.24, 2.45) is 5.73 Å². The van der Waals surface area contributed by atoms with Gasteiger partial charge in [0.15, 0.2) is 23.9 Å². The lowest BCUT2D eigenvalue weighted by atomic mass is 10.1. The monoisotopic (exact) mass is 666 g/mol. The Labute approximate surface area is 248 Å². The molecule has 2 aromatic heterocycles. The summed E-state index contributed by atoms with van der Waals surface area (Å²) in [6.07, 6.45) is -7.15. The number of fused-ring (bicyclic) bond motifs is 1. The lowest BCUT2D eigenvalue weighted by Crippen LogP contribution is -2.40. The summed E-state index contributed by atoms with van der Waals surface area (Å²) in [4.78, 5) is 44.6. The quantitative estimate of drug-likeness (QED) is 0.113. The number of amides is 1. The minimum atomic E-state index is -5.40. The summed E-state index contributed by atoms with van der Waals surface area (Å²) >= 11 is 0. The van der Waals surface area contributed by atoms with Crippen LogP contribution in [-0.2, 0) is 36.8 Å². The Morgan fingerprint density at radius 1 is 1.00 bits per heavy atom. The first kappa shape index (κ1) is 31.1. The maximum Gasteiger partial charge on any atom is 0.481 e. The molecule has 1 amide bonds. The maximum atomic E-state index is 12.4. The second-order valence-corrected chi connectivity index (χ2v) is 12.7. The van der Waals surface area contributed by atoms with Crippen molar-refractivity contribution in [1.82, 2.24) is 24.4 Å². The lowest BCUT2D eigenvalue weighted by molar-refractivity contribution is -0.115. The highest BCUT2D eigenvalue weighted by atomic mass is 31.3. The number of phosphoric ester groups is 2. The summed E-state index contributed by atoms with van der Waals surface area (Å²) in [6.45, 7) is -1.84. The number of aromatic nitrogens is 4. The fourth-order valence-electron chi connectivity index (χ4n) is 4.58. The van der Waals surface area contributed by atoms with Gasteiger partial charge in [0.1, 0.15) is 48.5 Å². The van der Waals surface area contributed by atoms with E-state index in [2.05, 4.69) is 23.8 Å². The summed E-state index contributed by atoms with van der Waals surface area (Å²) < 4.78 is 58.6. The van der Waals surface area contributed by atoms with Crippen molar-refractivity contribution in [3.05, 3.63) is 36.7 Å². The molecule has 11 atom stereocenters. The summed E-state index contributed by atoms with van der Waals surface area (Å²) in [5.41, 5.74) is 11.2. The fourth-order valence-corrected chi connectivity index (χ4v) is 6.67. The van der Waals surface area contributed by atoms with Gasteiger partial charge in [-0.15, -0.1) is 0 Å². The molecule has 3 aliphatic rings. The summed E-state index contributed by atoms with van der Waals surface area (Å²) in [6, 6.07) is 0. The number of phosphoric acid groups is 2. The Morgan fingerprint density at radius 3 is 2.20 bits per heavy atom. The third-order valence-corrected chi connectivity index (χ3v) is 9.35. The van der Waals surface area contributed by atoms with Gasteiger partial charge in [-0.05, 0) is 6.40 Å². The molecule has 0 aliphatic carbocycles. The van der Waals surface area contributed by atoms with Crippen molar-refractivity contribution >= 4 is 38.5 Å². The second-order valence-electron chi connectivity index (χ2n) is 9.69. The topological polar surface area (TPSA) is 318 Å². The van der Waals surface area contributed by atoms with Gasteiger partial charge in [-0.1, -0.05) is 6.08 Å². The van der Waals surface area contributed by atoms with Gasteiger partial charge in [0, 0.05) is 19.3 Å². The molecule has 5 rings (SSSR count). The van der Waals surface area contributed by atoms with E-state index in [0.29, 0.717) is 0 Å². The van der Waals surface area contributed by atoms with Crippen molar-refractivity contribution in [2.45, 2.75) is 55.5 Å². The first-order chi connectivity index (χ1) is 21.1. The second kappa shape index (κ2) is 12.5. The van der Waals surface area contributed by atoms with Gasteiger partial charge in [0.25, 0.3) is 0 Å². The van der Waals surface area contributed by atoms with Crippen LogP contribution in [0.5, 0.6) is 0 Å². The number of carbonyl (C=O) groups is 1. The van der Waals surface area contributed by atoms with Crippen LogP contribution >= 0.6 is 15.6 Å². The van der Waals surface area contributed by atoms with Crippen LogP contribution < -0.4 is 11.5 Å². The van der Waals surface area contributed by atoms with Crippen LogP contribution in [0.25, 0.3) is 11.2 Å². The predicted octanol–water partition coefficient (Wildman–Crippen LogP) is -2.69. The molecule has 2 aromatic rings. The number of rotatable bonds is 11. The molecule has 2 saturated heterocycles. The van der Waals surface area contributed by atoms with Gasteiger partial charge in [-0.2, -0.15) is 4.31 Å². The number of nitrogens with zero attached hydrogens (tertiary/aromatic N) is 5. The van der Waals surface area contributed by atoms with Gasteiger partial charge in [0.05, 0.1) is 19.5 Å². The minimum Gasteiger partial charge on any atom is -0.387 e. The molecule has 0 bridgehead atoms. The zero-order valence-electron chi connectivity index (χ0n) is 23.2. The molecule has 44 heavy (non-hydrogen) atoms. The molecule has 0 saturated carbocycles. The highest BCUT2D eigenvalue weighted by molar-refractivity contribution is 7.61. The van der Waals surface area contributed by atoms with Gasteiger partial charge >= 0.3 is 15.6 Å². The largest absolute Gasteiger partial charge is 0.481 e. The molecule has 0 spiro atoms. The van der Waals surface area contributed by atoms with E-state index >= 15 is 0 Å². The van der Waals surface area contributed by atoms with Crippen LogP contribution in [0.2, 0.25) is 0 Å². The average molecular weight is 666 g/mol. The molecule has 5 heterocycles. The number of aliphatic hydroxyl groups is 4. The number of aliphatic hydroxyl groups excluding tert-OH is 4. The minimum absolute atomic E-state index is 0.0451. The van der Waals surface area contributed by atoms with Crippen molar-refractivity contribution < 1.29 is 68.3 Å². The number of anilines is 1. The van der Waals surface area contributed by atoms with Crippen LogP contribution in [0.4, 0.5) is 5.82 Å². The predicted molar refractivity (Wildman–Crippen MR) is 142 cm³/mol. The van der Waals surface area contributed by atoms with Crippen LogP contribution in [0, 0.1) is 0 Å². The Kier molecular flexibility index (Phi) is 8.83. The molecular formula is C21H29N7O14P2. The van der Waals surface area contributed by atoms with E-state index in [0.717, 1.165) is 17.4 Å². The Bertz CT molecular complexity index is 1600. The smallest absolute Gasteiger partial charge is 0.387 e. The van der Waals surface area contributed by atoms with Crippen LogP contribution in [-0.4, -0.2) is 117 Å². The summed E-state index contributed by atoms with van der Waals surface area (Å²) in [5.74, 6) is -0.854. The molecule has 3 unspecified atom stereocenters. The number of allylic oxidation sites excluding steroid dienone is 1. The van der Waals surface area contributed by atoms with Crippen molar-refractivity contribution in [3.8, 4) is 0 Å². The highest BCUT2D eigenvalue weighted by Gasteiger charge is 2.48. The van der Waals surface area contributed by atoms with Crippen molar-refractivity contribution in [1.29, 1.82) is 0 Å². The molecule has 21 nitrogen and oxygen atoms in total.